The molecule has 0 saturated carbocycles. The first-order valence-corrected chi connectivity index (χ1v) is 11.5. The molecule has 1 aliphatic rings. The maximum atomic E-state index is 13.6. The van der Waals surface area contributed by atoms with Gasteiger partial charge in [-0.3, -0.25) is 4.90 Å². The Bertz CT molecular complexity index is 993. The van der Waals surface area contributed by atoms with Gasteiger partial charge in [-0.25, -0.2) is 8.78 Å². The molecule has 0 aromatic heterocycles. The van der Waals surface area contributed by atoms with E-state index in [1.807, 2.05) is 6.07 Å². The molecule has 1 heterocycles. The van der Waals surface area contributed by atoms with E-state index in [0.717, 1.165) is 49.4 Å². The molecule has 174 valence electrons. The van der Waals surface area contributed by atoms with Crippen LogP contribution in [0, 0.1) is 31.4 Å². The van der Waals surface area contributed by atoms with Crippen LogP contribution in [-0.2, 0) is 5.60 Å². The van der Waals surface area contributed by atoms with Crippen LogP contribution >= 0.6 is 0 Å². The van der Waals surface area contributed by atoms with Crippen molar-refractivity contribution in [3.05, 3.63) is 101 Å². The first-order valence-electron chi connectivity index (χ1n) is 11.5. The van der Waals surface area contributed by atoms with Crippen molar-refractivity contribution in [1.29, 1.82) is 0 Å². The van der Waals surface area contributed by atoms with Crippen LogP contribution in [0.25, 0.3) is 0 Å². The maximum Gasteiger partial charge on any atom is 0.125 e. The number of piperidine rings is 1. The van der Waals surface area contributed by atoms with E-state index < -0.39 is 5.60 Å². The first kappa shape index (κ1) is 23.4. The third-order valence-corrected chi connectivity index (χ3v) is 6.81. The van der Waals surface area contributed by atoms with Gasteiger partial charge in [0.2, 0.25) is 0 Å². The number of rotatable bonds is 7. The monoisotopic (exact) mass is 451 g/mol. The van der Waals surface area contributed by atoms with E-state index in [-0.39, 0.29) is 17.6 Å². The van der Waals surface area contributed by atoms with Gasteiger partial charge in [0.15, 0.2) is 0 Å². The molecule has 1 N–H and O–H groups in total. The van der Waals surface area contributed by atoms with Crippen LogP contribution in [0.5, 0.6) is 5.75 Å². The molecule has 1 saturated heterocycles. The van der Waals surface area contributed by atoms with Crippen LogP contribution in [0.4, 0.5) is 8.78 Å². The van der Waals surface area contributed by atoms with Gasteiger partial charge in [0, 0.05) is 6.54 Å². The second-order valence-corrected chi connectivity index (χ2v) is 8.97. The molecular weight excluding hydrogens is 420 g/mol. The van der Waals surface area contributed by atoms with E-state index in [1.54, 1.807) is 24.3 Å². The van der Waals surface area contributed by atoms with Crippen LogP contribution in [0.2, 0.25) is 0 Å². The molecule has 5 heteroatoms. The molecule has 3 aromatic carbocycles. The minimum absolute atomic E-state index is 0.0656. The lowest BCUT2D eigenvalue weighted by molar-refractivity contribution is -0.0154. The third kappa shape index (κ3) is 5.10. The molecule has 0 atom stereocenters. The highest BCUT2D eigenvalue weighted by molar-refractivity contribution is 5.40. The topological polar surface area (TPSA) is 32.7 Å². The van der Waals surface area contributed by atoms with E-state index in [9.17, 15) is 13.9 Å². The second-order valence-electron chi connectivity index (χ2n) is 8.97. The Morgan fingerprint density at radius 2 is 1.33 bits per heavy atom. The summed E-state index contributed by atoms with van der Waals surface area (Å²) in [6.45, 7) is 7.18. The minimum atomic E-state index is -1.30. The van der Waals surface area contributed by atoms with E-state index in [1.165, 1.54) is 24.3 Å². The number of aryl methyl sites for hydroxylation is 2. The highest BCUT2D eigenvalue weighted by Gasteiger charge is 2.41. The van der Waals surface area contributed by atoms with Gasteiger partial charge >= 0.3 is 0 Å². The summed E-state index contributed by atoms with van der Waals surface area (Å²) in [6, 6.07) is 18.1. The lowest BCUT2D eigenvalue weighted by Crippen LogP contribution is -2.45. The van der Waals surface area contributed by atoms with E-state index in [2.05, 4.69) is 30.9 Å². The van der Waals surface area contributed by atoms with Crippen molar-refractivity contribution in [3.8, 4) is 5.75 Å². The Morgan fingerprint density at radius 3 is 1.82 bits per heavy atom. The van der Waals surface area contributed by atoms with Crippen LogP contribution in [0.15, 0.2) is 66.7 Å². The fourth-order valence-corrected chi connectivity index (χ4v) is 4.92. The van der Waals surface area contributed by atoms with Crippen molar-refractivity contribution in [2.75, 3.05) is 26.2 Å². The molecule has 3 nitrogen and oxygen atoms in total. The van der Waals surface area contributed by atoms with E-state index in [0.29, 0.717) is 17.7 Å². The summed E-state index contributed by atoms with van der Waals surface area (Å²) in [7, 11) is 0. The molecule has 0 radical (unpaired) electrons. The summed E-state index contributed by atoms with van der Waals surface area (Å²) in [5.41, 5.74) is 2.23. The van der Waals surface area contributed by atoms with Crippen LogP contribution < -0.4 is 4.74 Å². The summed E-state index contributed by atoms with van der Waals surface area (Å²) >= 11 is 0. The van der Waals surface area contributed by atoms with Gasteiger partial charge in [0.1, 0.15) is 29.6 Å². The molecule has 33 heavy (non-hydrogen) atoms. The normalized spacial score (nSPS) is 15.5. The van der Waals surface area contributed by atoms with Gasteiger partial charge < -0.3 is 9.84 Å². The largest absolute Gasteiger partial charge is 0.492 e. The average Bonchev–Trinajstić information content (AvgIpc) is 2.82. The number of aliphatic hydroxyl groups is 1. The number of hydrogen-bond acceptors (Lipinski definition) is 3. The summed E-state index contributed by atoms with van der Waals surface area (Å²) in [4.78, 5) is 2.35. The summed E-state index contributed by atoms with van der Waals surface area (Å²) in [5.74, 6) is 0.191. The molecule has 1 aliphatic heterocycles. The van der Waals surface area contributed by atoms with E-state index in [4.69, 9.17) is 4.74 Å². The summed E-state index contributed by atoms with van der Waals surface area (Å²) < 4.78 is 33.2. The molecular formula is C28H31F2NO2. The highest BCUT2D eigenvalue weighted by atomic mass is 19.1. The standard InChI is InChI=1S/C28H31F2NO2/c1-20-4-3-5-21(2)27(20)33-19-18-31-16-14-24(15-17-31)28(32,22-6-10-25(29)11-7-22)23-8-12-26(30)13-9-23/h3-13,24,32H,14-19H2,1-2H3. The zero-order valence-corrected chi connectivity index (χ0v) is 19.2. The van der Waals surface area contributed by atoms with Gasteiger partial charge in [-0.2, -0.15) is 0 Å². The SMILES string of the molecule is Cc1cccc(C)c1OCCN1CCC(C(O)(c2ccc(F)cc2)c2ccc(F)cc2)CC1. The van der Waals surface area contributed by atoms with Crippen molar-refractivity contribution in [1.82, 2.24) is 4.90 Å². The summed E-state index contributed by atoms with van der Waals surface area (Å²) in [6.07, 6.45) is 1.54. The number of para-hydroxylation sites is 1. The van der Waals surface area contributed by atoms with Gasteiger partial charge in [-0.05, 0) is 92.2 Å². The minimum Gasteiger partial charge on any atom is -0.492 e. The predicted octanol–water partition coefficient (Wildman–Crippen LogP) is 5.61. The maximum absolute atomic E-state index is 13.6. The van der Waals surface area contributed by atoms with Crippen molar-refractivity contribution in [2.45, 2.75) is 32.3 Å². The molecule has 0 bridgehead atoms. The van der Waals surface area contributed by atoms with Crippen molar-refractivity contribution in [2.24, 2.45) is 5.92 Å². The number of halogens is 2. The number of likely N-dealkylation sites (tertiary alicyclic amines) is 1. The smallest absolute Gasteiger partial charge is 0.125 e. The van der Waals surface area contributed by atoms with Crippen LogP contribution in [-0.4, -0.2) is 36.2 Å². The Balaban J connectivity index is 1.44. The second kappa shape index (κ2) is 10.0. The number of ether oxygens (including phenoxy) is 1. The molecule has 4 rings (SSSR count). The number of nitrogens with zero attached hydrogens (tertiary/aromatic N) is 1. The zero-order chi connectivity index (χ0) is 23.4. The van der Waals surface area contributed by atoms with Gasteiger partial charge in [0.05, 0.1) is 0 Å². The number of benzene rings is 3. The molecule has 1 fully saturated rings. The molecule has 0 spiro atoms. The highest BCUT2D eigenvalue weighted by Crippen LogP contribution is 2.42. The average molecular weight is 452 g/mol. The first-order chi connectivity index (χ1) is 15.9. The van der Waals surface area contributed by atoms with E-state index >= 15 is 0 Å². The molecule has 0 amide bonds. The predicted molar refractivity (Wildman–Crippen MR) is 126 cm³/mol. The lowest BCUT2D eigenvalue weighted by Gasteiger charge is -2.42. The Kier molecular flexibility index (Phi) is 7.11. The fourth-order valence-electron chi connectivity index (χ4n) is 4.92. The quantitative estimate of drug-likeness (QED) is 0.507. The Hall–Kier alpha value is -2.76. The van der Waals surface area contributed by atoms with Gasteiger partial charge in [0.25, 0.3) is 0 Å². The fraction of sp³-hybridized carbons (Fsp3) is 0.357. The molecule has 0 unspecified atom stereocenters. The summed E-state index contributed by atoms with van der Waals surface area (Å²) in [5, 5.41) is 11.9. The van der Waals surface area contributed by atoms with Crippen molar-refractivity contribution in [3.63, 3.8) is 0 Å². The Morgan fingerprint density at radius 1 is 0.848 bits per heavy atom. The third-order valence-electron chi connectivity index (χ3n) is 6.81. The Labute approximate surface area is 194 Å². The zero-order valence-electron chi connectivity index (χ0n) is 19.2. The molecule has 3 aromatic rings. The van der Waals surface area contributed by atoms with Crippen molar-refractivity contribution >= 4 is 0 Å². The van der Waals surface area contributed by atoms with Crippen LogP contribution in [0.1, 0.15) is 35.1 Å². The number of hydrogen-bond donors (Lipinski definition) is 1. The molecule has 0 aliphatic carbocycles. The van der Waals surface area contributed by atoms with Gasteiger partial charge in [-0.15, -0.1) is 0 Å². The van der Waals surface area contributed by atoms with Crippen molar-refractivity contribution < 1.29 is 18.6 Å². The lowest BCUT2D eigenvalue weighted by atomic mass is 9.72. The van der Waals surface area contributed by atoms with Crippen LogP contribution in [0.3, 0.4) is 0 Å². The van der Waals surface area contributed by atoms with Gasteiger partial charge in [-0.1, -0.05) is 42.5 Å².